The predicted molar refractivity (Wildman–Crippen MR) is 256 cm³/mol. The van der Waals surface area contributed by atoms with Crippen molar-refractivity contribution < 1.29 is 37.9 Å². The molecule has 2 unspecified atom stereocenters. The first-order chi connectivity index (χ1) is 29.8. The average Bonchev–Trinajstić information content (AvgIpc) is 3.25. The fourth-order valence-corrected chi connectivity index (χ4v) is 6.00. The maximum Gasteiger partial charge on any atom is 0.472 e. The molecule has 1 amide bonds. The van der Waals surface area contributed by atoms with Crippen molar-refractivity contribution in [3.05, 3.63) is 134 Å². The van der Waals surface area contributed by atoms with E-state index in [9.17, 15) is 24.2 Å². The lowest BCUT2D eigenvalue weighted by molar-refractivity contribution is -0.147. The van der Waals surface area contributed by atoms with Gasteiger partial charge in [-0.1, -0.05) is 160 Å². The molecule has 0 aliphatic carbocycles. The van der Waals surface area contributed by atoms with E-state index in [0.29, 0.717) is 19.3 Å². The summed E-state index contributed by atoms with van der Waals surface area (Å²) < 4.78 is 26.9. The Morgan fingerprint density at radius 1 is 0.508 bits per heavy atom. The van der Waals surface area contributed by atoms with Crippen molar-refractivity contribution in [1.82, 2.24) is 5.32 Å². The van der Waals surface area contributed by atoms with Crippen molar-refractivity contribution >= 4 is 19.7 Å². The molecule has 0 aliphatic rings. The third-order valence-corrected chi connectivity index (χ3v) is 9.56. The number of aliphatic hydroxyl groups excluding tert-OH is 1. The lowest BCUT2D eigenvalue weighted by Gasteiger charge is -2.15. The van der Waals surface area contributed by atoms with E-state index in [1.807, 2.05) is 0 Å². The number of carbonyl (C=O) groups is 2. The van der Waals surface area contributed by atoms with Crippen LogP contribution < -0.4 is 5.32 Å². The molecule has 0 bridgehead atoms. The SMILES string of the molecule is CC/C=C\C/C=C\C/C=C\C/C=C\C/C=C\C/C=C\CCCCCCC(=O)OCC(O)COP(=O)(O)OCCNC(=O)CCC/C=C\C/C=C\C/C=C\C/C=C\C/C=C\CC. The molecule has 0 rings (SSSR count). The normalized spacial score (nSPS) is 14.5. The summed E-state index contributed by atoms with van der Waals surface area (Å²) in [5.74, 6) is -0.615. The monoisotopic (exact) mass is 866 g/mol. The number of hydrogen-bond donors (Lipinski definition) is 3. The van der Waals surface area contributed by atoms with E-state index in [4.69, 9.17) is 13.8 Å². The number of ether oxygens (including phenoxy) is 1. The van der Waals surface area contributed by atoms with Crippen LogP contribution in [0.25, 0.3) is 0 Å². The van der Waals surface area contributed by atoms with E-state index in [0.717, 1.165) is 103 Å². The highest BCUT2D eigenvalue weighted by molar-refractivity contribution is 7.47. The summed E-state index contributed by atoms with van der Waals surface area (Å²) in [6, 6.07) is 0. The van der Waals surface area contributed by atoms with E-state index >= 15 is 0 Å². The standard InChI is InChI=1S/C51H80NO8P/c1-3-5-7-9-11-13-15-17-19-21-22-23-24-25-26-28-30-32-34-36-38-40-42-44-51(55)58-47-49(53)48-60-61(56,57)59-46-45-52-50(54)43-41-39-37-35-33-31-29-27-20-18-16-14-12-10-8-6-4-2/h5-8,11-14,17-20,22-23,25-26,29-32,35,37,49,53H,3-4,9-10,15-16,21,24,27-28,33-34,36,38-48H2,1-2H3,(H,52,54)(H,56,57)/b7-5-,8-6-,13-11-,14-12-,19-17-,20-18-,23-22-,26-25-,31-29-,32-30-,37-35-. The molecule has 0 radical (unpaired) electrons. The van der Waals surface area contributed by atoms with E-state index in [1.54, 1.807) is 0 Å². The molecule has 2 atom stereocenters. The maximum atomic E-state index is 12.1. The van der Waals surface area contributed by atoms with Gasteiger partial charge >= 0.3 is 13.8 Å². The summed E-state index contributed by atoms with van der Waals surface area (Å²) in [5, 5.41) is 12.7. The zero-order chi connectivity index (χ0) is 44.6. The minimum Gasteiger partial charge on any atom is -0.463 e. The van der Waals surface area contributed by atoms with Crippen LogP contribution in [0.3, 0.4) is 0 Å². The van der Waals surface area contributed by atoms with Crippen LogP contribution in [0.15, 0.2) is 134 Å². The van der Waals surface area contributed by atoms with Crippen molar-refractivity contribution in [3.8, 4) is 0 Å². The third-order valence-electron chi connectivity index (χ3n) is 8.58. The number of rotatable bonds is 40. The Hall–Kier alpha value is -3.85. The highest BCUT2D eigenvalue weighted by atomic mass is 31.2. The lowest BCUT2D eigenvalue weighted by Crippen LogP contribution is -2.27. The van der Waals surface area contributed by atoms with Gasteiger partial charge in [0.15, 0.2) is 0 Å². The summed E-state index contributed by atoms with van der Waals surface area (Å²) in [6.45, 7) is 3.19. The van der Waals surface area contributed by atoms with Crippen LogP contribution in [0, 0.1) is 0 Å². The Bertz CT molecular complexity index is 1450. The molecule has 0 saturated carbocycles. The number of hydrogen-bond acceptors (Lipinski definition) is 7. The number of phosphoric acid groups is 1. The number of phosphoric ester groups is 1. The molecular formula is C51H80NO8P. The number of carbonyl (C=O) groups excluding carboxylic acids is 2. The Labute approximate surface area is 370 Å². The Morgan fingerprint density at radius 3 is 1.34 bits per heavy atom. The highest BCUT2D eigenvalue weighted by Crippen LogP contribution is 2.42. The van der Waals surface area contributed by atoms with E-state index < -0.39 is 26.5 Å². The van der Waals surface area contributed by atoms with Crippen LogP contribution >= 0.6 is 7.82 Å². The molecular weight excluding hydrogens is 786 g/mol. The maximum absolute atomic E-state index is 12.1. The van der Waals surface area contributed by atoms with Gasteiger partial charge in [0.1, 0.15) is 12.7 Å². The molecule has 342 valence electrons. The fraction of sp³-hybridized carbons (Fsp3) is 0.529. The van der Waals surface area contributed by atoms with Gasteiger partial charge in [-0.05, 0) is 103 Å². The van der Waals surface area contributed by atoms with Gasteiger partial charge in [-0.2, -0.15) is 0 Å². The summed E-state index contributed by atoms with van der Waals surface area (Å²) in [5.41, 5.74) is 0. The van der Waals surface area contributed by atoms with Crippen LogP contribution in [-0.2, 0) is 27.9 Å². The van der Waals surface area contributed by atoms with Gasteiger partial charge in [-0.3, -0.25) is 18.6 Å². The second-order valence-electron chi connectivity index (χ2n) is 14.3. The van der Waals surface area contributed by atoms with Crippen molar-refractivity contribution in [2.45, 2.75) is 148 Å². The Morgan fingerprint density at radius 2 is 0.902 bits per heavy atom. The first-order valence-corrected chi connectivity index (χ1v) is 24.2. The van der Waals surface area contributed by atoms with E-state index in [2.05, 4.69) is 153 Å². The van der Waals surface area contributed by atoms with Gasteiger partial charge in [0.2, 0.25) is 5.91 Å². The number of amides is 1. The first-order valence-electron chi connectivity index (χ1n) is 22.7. The quantitative estimate of drug-likeness (QED) is 0.0240. The summed E-state index contributed by atoms with van der Waals surface area (Å²) >= 11 is 0. The smallest absolute Gasteiger partial charge is 0.463 e. The summed E-state index contributed by atoms with van der Waals surface area (Å²) in [7, 11) is -4.45. The van der Waals surface area contributed by atoms with Crippen LogP contribution in [-0.4, -0.2) is 54.3 Å². The van der Waals surface area contributed by atoms with Gasteiger partial charge < -0.3 is 20.1 Å². The molecule has 0 aromatic rings. The van der Waals surface area contributed by atoms with Crippen molar-refractivity contribution in [2.75, 3.05) is 26.4 Å². The minimum absolute atomic E-state index is 0.0388. The van der Waals surface area contributed by atoms with E-state index in [-0.39, 0.29) is 32.1 Å². The van der Waals surface area contributed by atoms with Gasteiger partial charge in [0.25, 0.3) is 0 Å². The largest absolute Gasteiger partial charge is 0.472 e. The zero-order valence-corrected chi connectivity index (χ0v) is 38.4. The lowest BCUT2D eigenvalue weighted by atomic mass is 10.1. The zero-order valence-electron chi connectivity index (χ0n) is 37.5. The molecule has 0 fully saturated rings. The molecule has 10 heteroatoms. The summed E-state index contributed by atoms with van der Waals surface area (Å²) in [4.78, 5) is 33.9. The minimum atomic E-state index is -4.45. The summed E-state index contributed by atoms with van der Waals surface area (Å²) in [6.07, 6.45) is 63.9. The van der Waals surface area contributed by atoms with Crippen LogP contribution in [0.1, 0.15) is 142 Å². The Balaban J connectivity index is 3.76. The molecule has 9 nitrogen and oxygen atoms in total. The van der Waals surface area contributed by atoms with Crippen molar-refractivity contribution in [1.29, 1.82) is 0 Å². The average molecular weight is 866 g/mol. The topological polar surface area (TPSA) is 131 Å². The second-order valence-corrected chi connectivity index (χ2v) is 15.7. The number of esters is 1. The molecule has 0 aromatic carbocycles. The van der Waals surface area contributed by atoms with Crippen molar-refractivity contribution in [2.24, 2.45) is 0 Å². The third kappa shape index (κ3) is 47.1. The van der Waals surface area contributed by atoms with Crippen LogP contribution in [0.2, 0.25) is 0 Å². The number of aliphatic hydroxyl groups is 1. The van der Waals surface area contributed by atoms with E-state index in [1.165, 1.54) is 0 Å². The molecule has 0 heterocycles. The number of nitrogens with one attached hydrogen (secondary N) is 1. The first kappa shape index (κ1) is 57.1. The van der Waals surface area contributed by atoms with Gasteiger partial charge in [0.05, 0.1) is 13.2 Å². The Kier molecular flexibility index (Phi) is 42.8. The van der Waals surface area contributed by atoms with Crippen molar-refractivity contribution in [3.63, 3.8) is 0 Å². The fourth-order valence-electron chi connectivity index (χ4n) is 5.24. The molecule has 0 aromatic heterocycles. The molecule has 3 N–H and O–H groups in total. The number of allylic oxidation sites excluding steroid dienone is 22. The molecule has 61 heavy (non-hydrogen) atoms. The van der Waals surface area contributed by atoms with Crippen LogP contribution in [0.4, 0.5) is 0 Å². The molecule has 0 spiro atoms. The second kappa shape index (κ2) is 45.7. The van der Waals surface area contributed by atoms with Gasteiger partial charge in [0, 0.05) is 19.4 Å². The predicted octanol–water partition coefficient (Wildman–Crippen LogP) is 13.1. The highest BCUT2D eigenvalue weighted by Gasteiger charge is 2.23. The van der Waals surface area contributed by atoms with Gasteiger partial charge in [-0.15, -0.1) is 0 Å². The van der Waals surface area contributed by atoms with Gasteiger partial charge in [-0.25, -0.2) is 4.57 Å². The molecule has 0 aliphatic heterocycles. The number of unbranched alkanes of at least 4 members (excludes halogenated alkanes) is 5. The molecule has 0 saturated heterocycles. The van der Waals surface area contributed by atoms with Crippen LogP contribution in [0.5, 0.6) is 0 Å².